The quantitative estimate of drug-likeness (QED) is 0.604. The molecule has 0 aliphatic carbocycles. The van der Waals surface area contributed by atoms with Crippen molar-refractivity contribution in [1.29, 1.82) is 0 Å². The summed E-state index contributed by atoms with van der Waals surface area (Å²) in [6, 6.07) is 7.94. The molecule has 0 fully saturated rings. The predicted molar refractivity (Wildman–Crippen MR) is 82.7 cm³/mol. The molecule has 0 spiro atoms. The lowest BCUT2D eigenvalue weighted by Gasteiger charge is -2.10. The Balaban J connectivity index is 2.42. The van der Waals surface area contributed by atoms with Crippen LogP contribution in [0.25, 0.3) is 0 Å². The second-order valence-corrected chi connectivity index (χ2v) is 7.17. The van der Waals surface area contributed by atoms with Crippen LogP contribution in [-0.2, 0) is 9.84 Å². The van der Waals surface area contributed by atoms with E-state index >= 15 is 0 Å². The number of nitro benzene ring substituents is 1. The van der Waals surface area contributed by atoms with Crippen molar-refractivity contribution in [3.63, 3.8) is 0 Å². The predicted octanol–water partition coefficient (Wildman–Crippen LogP) is 4.10. The molecule has 116 valence electrons. The first-order chi connectivity index (χ1) is 10.2. The van der Waals surface area contributed by atoms with Gasteiger partial charge in [0.25, 0.3) is 5.69 Å². The summed E-state index contributed by atoms with van der Waals surface area (Å²) in [6.45, 7) is 0. The second-order valence-electron chi connectivity index (χ2n) is 4.34. The van der Waals surface area contributed by atoms with Gasteiger partial charge < -0.3 is 4.74 Å². The molecule has 0 aliphatic rings. The average molecular weight is 362 g/mol. The third-order valence-corrected chi connectivity index (χ3v) is 4.32. The minimum atomic E-state index is -3.39. The van der Waals surface area contributed by atoms with Crippen LogP contribution in [0, 0.1) is 10.1 Å². The maximum Gasteiger partial charge on any atom is 0.272 e. The SMILES string of the molecule is CS(=O)(=O)c1cccc(Oc2c(Cl)cc([N+](=O)[O-])cc2Cl)c1. The first kappa shape index (κ1) is 16.5. The minimum Gasteiger partial charge on any atom is -0.454 e. The van der Waals surface area contributed by atoms with Gasteiger partial charge in [0.2, 0.25) is 0 Å². The molecule has 0 atom stereocenters. The Kier molecular flexibility index (Phi) is 4.60. The van der Waals surface area contributed by atoms with Crippen LogP contribution in [0.2, 0.25) is 10.0 Å². The van der Waals surface area contributed by atoms with Gasteiger partial charge in [-0.3, -0.25) is 10.1 Å². The normalized spacial score (nSPS) is 11.2. The van der Waals surface area contributed by atoms with E-state index in [2.05, 4.69) is 0 Å². The fraction of sp³-hybridized carbons (Fsp3) is 0.0769. The number of nitro groups is 1. The number of benzene rings is 2. The van der Waals surface area contributed by atoms with E-state index in [4.69, 9.17) is 27.9 Å². The molecule has 0 radical (unpaired) electrons. The van der Waals surface area contributed by atoms with Crippen LogP contribution in [0.3, 0.4) is 0 Å². The van der Waals surface area contributed by atoms with Crippen molar-refractivity contribution in [1.82, 2.24) is 0 Å². The Bertz CT molecular complexity index is 828. The maximum absolute atomic E-state index is 11.5. The molecule has 0 amide bonds. The van der Waals surface area contributed by atoms with Gasteiger partial charge in [-0.1, -0.05) is 29.3 Å². The number of ether oxygens (including phenoxy) is 1. The first-order valence-corrected chi connectivity index (χ1v) is 8.44. The third-order valence-electron chi connectivity index (χ3n) is 2.65. The number of sulfone groups is 1. The van der Waals surface area contributed by atoms with Gasteiger partial charge in [-0.05, 0) is 18.2 Å². The van der Waals surface area contributed by atoms with Gasteiger partial charge in [0.1, 0.15) is 5.75 Å². The van der Waals surface area contributed by atoms with Crippen LogP contribution in [0.4, 0.5) is 5.69 Å². The first-order valence-electron chi connectivity index (χ1n) is 5.80. The molecule has 0 unspecified atom stereocenters. The molecular formula is C13H9Cl2NO5S. The Labute approximate surface area is 136 Å². The van der Waals surface area contributed by atoms with Crippen LogP contribution in [0.15, 0.2) is 41.3 Å². The van der Waals surface area contributed by atoms with Crippen LogP contribution in [0.1, 0.15) is 0 Å². The monoisotopic (exact) mass is 361 g/mol. The lowest BCUT2D eigenvalue weighted by atomic mass is 10.3. The highest BCUT2D eigenvalue weighted by Gasteiger charge is 2.17. The summed E-state index contributed by atoms with van der Waals surface area (Å²) in [5.41, 5.74) is -0.271. The number of hydrogen-bond donors (Lipinski definition) is 0. The lowest BCUT2D eigenvalue weighted by Crippen LogP contribution is -1.97. The number of rotatable bonds is 4. The minimum absolute atomic E-state index is 0.0135. The van der Waals surface area contributed by atoms with Gasteiger partial charge in [0.05, 0.1) is 19.9 Å². The van der Waals surface area contributed by atoms with Gasteiger partial charge in [-0.2, -0.15) is 0 Å². The summed E-state index contributed by atoms with van der Waals surface area (Å²) in [6.07, 6.45) is 1.07. The molecule has 0 aromatic heterocycles. The van der Waals surface area contributed by atoms with Gasteiger partial charge in [-0.25, -0.2) is 8.42 Å². The van der Waals surface area contributed by atoms with Crippen LogP contribution < -0.4 is 4.74 Å². The summed E-state index contributed by atoms with van der Waals surface area (Å²) >= 11 is 11.9. The van der Waals surface area contributed by atoms with E-state index in [9.17, 15) is 18.5 Å². The number of non-ortho nitro benzene ring substituents is 1. The number of hydrogen-bond acceptors (Lipinski definition) is 5. The number of nitrogens with zero attached hydrogens (tertiary/aromatic N) is 1. The largest absolute Gasteiger partial charge is 0.454 e. The fourth-order valence-electron chi connectivity index (χ4n) is 1.64. The Morgan fingerprint density at radius 1 is 1.14 bits per heavy atom. The van der Waals surface area contributed by atoms with Gasteiger partial charge >= 0.3 is 0 Å². The summed E-state index contributed by atoms with van der Waals surface area (Å²) < 4.78 is 28.5. The molecule has 0 saturated carbocycles. The summed E-state index contributed by atoms with van der Waals surface area (Å²) in [4.78, 5) is 10.1. The standard InChI is InChI=1S/C13H9Cl2NO5S/c1-22(19,20)10-4-2-3-9(7-10)21-13-11(14)5-8(16(17)18)6-12(13)15/h2-7H,1H3. The van der Waals surface area contributed by atoms with E-state index in [1.807, 2.05) is 0 Å². The third kappa shape index (κ3) is 3.68. The van der Waals surface area contributed by atoms with E-state index < -0.39 is 14.8 Å². The molecule has 2 aromatic carbocycles. The highest BCUT2D eigenvalue weighted by molar-refractivity contribution is 7.90. The smallest absolute Gasteiger partial charge is 0.272 e. The van der Waals surface area contributed by atoms with Crippen LogP contribution in [-0.4, -0.2) is 19.6 Å². The molecule has 2 aromatic rings. The van der Waals surface area contributed by atoms with Crippen LogP contribution >= 0.6 is 23.2 Å². The topological polar surface area (TPSA) is 86.5 Å². The fourth-order valence-corrected chi connectivity index (χ4v) is 2.84. The molecular weight excluding hydrogens is 353 g/mol. The molecule has 0 N–H and O–H groups in total. The zero-order chi connectivity index (χ0) is 16.5. The van der Waals surface area contributed by atoms with Gasteiger partial charge in [0, 0.05) is 18.4 Å². The summed E-state index contributed by atoms with van der Waals surface area (Å²) in [5.74, 6) is 0.208. The highest BCUT2D eigenvalue weighted by atomic mass is 35.5. The second kappa shape index (κ2) is 6.12. The lowest BCUT2D eigenvalue weighted by molar-refractivity contribution is -0.384. The van der Waals surface area contributed by atoms with Crippen molar-refractivity contribution < 1.29 is 18.1 Å². The van der Waals surface area contributed by atoms with Crippen molar-refractivity contribution in [2.75, 3.05) is 6.26 Å². The van der Waals surface area contributed by atoms with E-state index in [0.717, 1.165) is 18.4 Å². The van der Waals surface area contributed by atoms with Crippen LogP contribution in [0.5, 0.6) is 11.5 Å². The molecule has 2 rings (SSSR count). The molecule has 6 nitrogen and oxygen atoms in total. The van der Waals surface area contributed by atoms with Crippen molar-refractivity contribution in [3.8, 4) is 11.5 Å². The number of halogens is 2. The molecule has 0 saturated heterocycles. The van der Waals surface area contributed by atoms with Crippen molar-refractivity contribution >= 4 is 38.7 Å². The Morgan fingerprint density at radius 2 is 1.73 bits per heavy atom. The van der Waals surface area contributed by atoms with Crippen molar-refractivity contribution in [3.05, 3.63) is 56.6 Å². The highest BCUT2D eigenvalue weighted by Crippen LogP contribution is 2.39. The molecule has 9 heteroatoms. The van der Waals surface area contributed by atoms with E-state index in [1.165, 1.54) is 24.3 Å². The zero-order valence-corrected chi connectivity index (χ0v) is 13.4. The van der Waals surface area contributed by atoms with E-state index in [1.54, 1.807) is 0 Å². The maximum atomic E-state index is 11.5. The Hall–Kier alpha value is -1.83. The summed E-state index contributed by atoms with van der Waals surface area (Å²) in [7, 11) is -3.39. The molecule has 22 heavy (non-hydrogen) atoms. The van der Waals surface area contributed by atoms with Gasteiger partial charge in [0.15, 0.2) is 15.6 Å². The zero-order valence-electron chi connectivity index (χ0n) is 11.1. The van der Waals surface area contributed by atoms with E-state index in [0.29, 0.717) is 0 Å². The molecule has 0 bridgehead atoms. The van der Waals surface area contributed by atoms with E-state index in [-0.39, 0.29) is 32.1 Å². The van der Waals surface area contributed by atoms with Crippen molar-refractivity contribution in [2.24, 2.45) is 0 Å². The van der Waals surface area contributed by atoms with Crippen molar-refractivity contribution in [2.45, 2.75) is 4.90 Å². The molecule has 0 heterocycles. The molecule has 0 aliphatic heterocycles. The average Bonchev–Trinajstić information content (AvgIpc) is 2.42. The Morgan fingerprint density at radius 3 is 2.23 bits per heavy atom. The summed E-state index contributed by atoms with van der Waals surface area (Å²) in [5, 5.41) is 10.6. The van der Waals surface area contributed by atoms with Gasteiger partial charge in [-0.15, -0.1) is 0 Å².